The molecule has 1 amide bonds. The molecule has 0 aliphatic carbocycles. The minimum Gasteiger partial charge on any atom is -0.491 e. The van der Waals surface area contributed by atoms with Crippen molar-refractivity contribution in [2.24, 2.45) is 0 Å². The van der Waals surface area contributed by atoms with E-state index in [4.69, 9.17) is 9.72 Å². The second kappa shape index (κ2) is 7.06. The maximum atomic E-state index is 12.0. The number of carbonyl (C=O) groups excluding carboxylic acids is 1. The van der Waals surface area contributed by atoms with Gasteiger partial charge in [-0.15, -0.1) is 0 Å². The van der Waals surface area contributed by atoms with Gasteiger partial charge in [0.2, 0.25) is 5.91 Å². The number of nitrogens with zero attached hydrogens (tertiary/aromatic N) is 3. The Morgan fingerprint density at radius 1 is 1.19 bits per heavy atom. The van der Waals surface area contributed by atoms with Gasteiger partial charge >= 0.3 is 0 Å². The molecule has 1 atom stereocenters. The first-order valence-electron chi connectivity index (χ1n) is 9.42. The average molecular weight is 363 g/mol. The van der Waals surface area contributed by atoms with Crippen molar-refractivity contribution in [2.75, 3.05) is 20.2 Å². The fraction of sp³-hybridized carbons (Fsp3) is 0.364. The van der Waals surface area contributed by atoms with Crippen LogP contribution in [0.1, 0.15) is 29.3 Å². The van der Waals surface area contributed by atoms with Crippen molar-refractivity contribution in [1.82, 2.24) is 14.5 Å². The number of amides is 1. The van der Waals surface area contributed by atoms with E-state index in [1.807, 2.05) is 25.2 Å². The maximum Gasteiger partial charge on any atom is 0.223 e. The number of para-hydroxylation sites is 2. The minimum atomic E-state index is 0.135. The van der Waals surface area contributed by atoms with E-state index in [9.17, 15) is 4.79 Å². The van der Waals surface area contributed by atoms with Gasteiger partial charge in [-0.2, -0.15) is 0 Å². The lowest BCUT2D eigenvalue weighted by Gasteiger charge is -2.15. The van der Waals surface area contributed by atoms with E-state index in [2.05, 4.69) is 42.7 Å². The molecule has 27 heavy (non-hydrogen) atoms. The van der Waals surface area contributed by atoms with Crippen LogP contribution >= 0.6 is 0 Å². The number of imidazole rings is 1. The molecule has 1 aliphatic rings. The van der Waals surface area contributed by atoms with E-state index in [1.165, 1.54) is 5.56 Å². The number of aryl methyl sites for hydroxylation is 2. The normalized spacial score (nSPS) is 17.1. The number of ether oxygens (including phenoxy) is 1. The summed E-state index contributed by atoms with van der Waals surface area (Å²) in [7, 11) is 1.86. The molecule has 1 saturated heterocycles. The van der Waals surface area contributed by atoms with Gasteiger partial charge in [-0.3, -0.25) is 4.79 Å². The predicted molar refractivity (Wildman–Crippen MR) is 106 cm³/mol. The van der Waals surface area contributed by atoms with E-state index in [0.717, 1.165) is 34.7 Å². The summed E-state index contributed by atoms with van der Waals surface area (Å²) in [5.41, 5.74) is 4.40. The molecule has 0 spiro atoms. The van der Waals surface area contributed by atoms with E-state index in [1.54, 1.807) is 4.90 Å². The number of aromatic nitrogens is 2. The van der Waals surface area contributed by atoms with Crippen molar-refractivity contribution in [3.8, 4) is 5.75 Å². The molecule has 5 heteroatoms. The van der Waals surface area contributed by atoms with Crippen LogP contribution in [-0.4, -0.2) is 40.6 Å². The summed E-state index contributed by atoms with van der Waals surface area (Å²) in [6.07, 6.45) is 0.525. The highest BCUT2D eigenvalue weighted by Crippen LogP contribution is 2.29. The molecular weight excluding hydrogens is 338 g/mol. The van der Waals surface area contributed by atoms with Crippen molar-refractivity contribution in [2.45, 2.75) is 32.7 Å². The van der Waals surface area contributed by atoms with Crippen LogP contribution in [0.25, 0.3) is 11.0 Å². The Labute approximate surface area is 159 Å². The number of hydrogen-bond donors (Lipinski definition) is 0. The minimum absolute atomic E-state index is 0.135. The molecule has 2 heterocycles. The van der Waals surface area contributed by atoms with E-state index < -0.39 is 0 Å². The van der Waals surface area contributed by atoms with Gasteiger partial charge < -0.3 is 14.2 Å². The monoisotopic (exact) mass is 363 g/mol. The van der Waals surface area contributed by atoms with Crippen LogP contribution in [0.2, 0.25) is 0 Å². The van der Waals surface area contributed by atoms with Crippen LogP contribution in [0, 0.1) is 13.8 Å². The summed E-state index contributed by atoms with van der Waals surface area (Å²) in [5.74, 6) is 2.23. The quantitative estimate of drug-likeness (QED) is 0.695. The van der Waals surface area contributed by atoms with Crippen LogP contribution in [0.15, 0.2) is 42.5 Å². The highest BCUT2D eigenvalue weighted by Gasteiger charge is 2.31. The molecule has 5 nitrogen and oxygen atoms in total. The third-order valence-corrected chi connectivity index (χ3v) is 5.31. The molecule has 140 valence electrons. The number of hydrogen-bond acceptors (Lipinski definition) is 3. The number of likely N-dealkylation sites (N-methyl/N-ethyl adjacent to an activating group) is 1. The summed E-state index contributed by atoms with van der Waals surface area (Å²) in [6.45, 7) is 6.12. The lowest BCUT2D eigenvalue weighted by atomic mass is 10.1. The third kappa shape index (κ3) is 3.42. The largest absolute Gasteiger partial charge is 0.491 e. The first-order chi connectivity index (χ1) is 13.0. The SMILES string of the molecule is Cc1ccc(C)c(OCCn2c(C3CC(=O)N(C)C3)nc3ccccc32)c1. The number of likely N-dealkylation sites (tertiary alicyclic amines) is 1. The molecule has 2 aromatic carbocycles. The predicted octanol–water partition coefficient (Wildman–Crippen LogP) is 3.68. The van der Waals surface area contributed by atoms with Crippen LogP contribution in [0.3, 0.4) is 0 Å². The van der Waals surface area contributed by atoms with Gasteiger partial charge in [0.25, 0.3) is 0 Å². The number of fused-ring (bicyclic) bond motifs is 1. The Hall–Kier alpha value is -2.82. The van der Waals surface area contributed by atoms with Gasteiger partial charge in [0.05, 0.1) is 17.6 Å². The number of benzene rings is 2. The Kier molecular flexibility index (Phi) is 4.60. The standard InChI is InChI=1S/C22H25N3O2/c1-15-8-9-16(2)20(12-15)27-11-10-25-19-7-5-4-6-18(19)23-22(25)17-13-21(26)24(3)14-17/h4-9,12,17H,10-11,13-14H2,1-3H3. The summed E-state index contributed by atoms with van der Waals surface area (Å²) < 4.78 is 8.29. The molecule has 1 aromatic heterocycles. The first kappa shape index (κ1) is 17.6. The van der Waals surface area contributed by atoms with E-state index in [0.29, 0.717) is 19.6 Å². The topological polar surface area (TPSA) is 47.4 Å². The zero-order valence-corrected chi connectivity index (χ0v) is 16.1. The number of rotatable bonds is 5. The zero-order valence-electron chi connectivity index (χ0n) is 16.1. The van der Waals surface area contributed by atoms with Crippen molar-refractivity contribution < 1.29 is 9.53 Å². The smallest absolute Gasteiger partial charge is 0.223 e. The highest BCUT2D eigenvalue weighted by atomic mass is 16.5. The molecule has 0 radical (unpaired) electrons. The molecule has 4 rings (SSSR count). The molecule has 0 saturated carbocycles. The Bertz CT molecular complexity index is 992. The van der Waals surface area contributed by atoms with Crippen molar-refractivity contribution >= 4 is 16.9 Å². The van der Waals surface area contributed by atoms with Crippen LogP contribution in [-0.2, 0) is 11.3 Å². The van der Waals surface area contributed by atoms with Crippen LogP contribution in [0.4, 0.5) is 0 Å². The van der Waals surface area contributed by atoms with E-state index in [-0.39, 0.29) is 11.8 Å². The summed E-state index contributed by atoms with van der Waals surface area (Å²) in [5, 5.41) is 0. The molecule has 0 bridgehead atoms. The highest BCUT2D eigenvalue weighted by molar-refractivity contribution is 5.80. The second-order valence-electron chi connectivity index (χ2n) is 7.40. The Balaban J connectivity index is 1.59. The van der Waals surface area contributed by atoms with Crippen LogP contribution in [0.5, 0.6) is 5.75 Å². The number of carbonyl (C=O) groups is 1. The first-order valence-corrected chi connectivity index (χ1v) is 9.42. The second-order valence-corrected chi connectivity index (χ2v) is 7.40. The van der Waals surface area contributed by atoms with Crippen molar-refractivity contribution in [3.63, 3.8) is 0 Å². The average Bonchev–Trinajstić information content (AvgIpc) is 3.18. The summed E-state index contributed by atoms with van der Waals surface area (Å²) in [4.78, 5) is 18.7. The summed E-state index contributed by atoms with van der Waals surface area (Å²) >= 11 is 0. The zero-order chi connectivity index (χ0) is 19.0. The molecule has 1 aliphatic heterocycles. The summed E-state index contributed by atoms with van der Waals surface area (Å²) in [6, 6.07) is 14.4. The van der Waals surface area contributed by atoms with E-state index >= 15 is 0 Å². The van der Waals surface area contributed by atoms with Gasteiger partial charge in [-0.05, 0) is 43.2 Å². The van der Waals surface area contributed by atoms with Gasteiger partial charge in [-0.1, -0.05) is 24.3 Å². The lowest BCUT2D eigenvalue weighted by molar-refractivity contribution is -0.126. The fourth-order valence-electron chi connectivity index (χ4n) is 3.79. The van der Waals surface area contributed by atoms with Gasteiger partial charge in [0.1, 0.15) is 18.2 Å². The Morgan fingerprint density at radius 3 is 2.78 bits per heavy atom. The van der Waals surface area contributed by atoms with Gasteiger partial charge in [0, 0.05) is 25.9 Å². The Morgan fingerprint density at radius 2 is 2.00 bits per heavy atom. The van der Waals surface area contributed by atoms with Gasteiger partial charge in [0.15, 0.2) is 0 Å². The molecule has 1 fully saturated rings. The lowest BCUT2D eigenvalue weighted by Crippen LogP contribution is -2.19. The van der Waals surface area contributed by atoms with Crippen molar-refractivity contribution in [1.29, 1.82) is 0 Å². The van der Waals surface area contributed by atoms with Crippen LogP contribution < -0.4 is 4.74 Å². The molecule has 0 N–H and O–H groups in total. The molecular formula is C22H25N3O2. The van der Waals surface area contributed by atoms with Gasteiger partial charge in [-0.25, -0.2) is 4.98 Å². The molecule has 3 aromatic rings. The third-order valence-electron chi connectivity index (χ3n) is 5.31. The van der Waals surface area contributed by atoms with Crippen molar-refractivity contribution in [3.05, 3.63) is 59.4 Å². The molecule has 1 unspecified atom stereocenters. The fourth-order valence-corrected chi connectivity index (χ4v) is 3.79. The maximum absolute atomic E-state index is 12.0.